The molecule has 0 aliphatic heterocycles. The zero-order valence-electron chi connectivity index (χ0n) is 10.8. The second kappa shape index (κ2) is 6.45. The van der Waals surface area contributed by atoms with E-state index in [0.29, 0.717) is 0 Å². The lowest BCUT2D eigenvalue weighted by Gasteiger charge is -2.11. The van der Waals surface area contributed by atoms with E-state index in [0.717, 1.165) is 11.3 Å². The molecule has 1 unspecified atom stereocenters. The summed E-state index contributed by atoms with van der Waals surface area (Å²) in [5.41, 5.74) is 2.00. The van der Waals surface area contributed by atoms with Crippen LogP contribution in [0, 0.1) is 11.3 Å². The molecule has 0 saturated carbocycles. The molecule has 0 bridgehead atoms. The van der Waals surface area contributed by atoms with Crippen molar-refractivity contribution in [2.45, 2.75) is 13.0 Å². The van der Waals surface area contributed by atoms with Gasteiger partial charge in [-0.05, 0) is 30.7 Å². The quantitative estimate of drug-likeness (QED) is 0.602. The fourth-order valence-corrected chi connectivity index (χ4v) is 1.29. The van der Waals surface area contributed by atoms with Gasteiger partial charge in [0.2, 0.25) is 0 Å². The molecule has 0 aromatic heterocycles. The summed E-state index contributed by atoms with van der Waals surface area (Å²) in [6.45, 7) is 1.53. The fourth-order valence-electron chi connectivity index (χ4n) is 1.29. The van der Waals surface area contributed by atoms with Gasteiger partial charge in [0, 0.05) is 25.9 Å². The van der Waals surface area contributed by atoms with Gasteiger partial charge in [0.25, 0.3) is 0 Å². The second-order valence-electron chi connectivity index (χ2n) is 4.03. The summed E-state index contributed by atoms with van der Waals surface area (Å²) in [6.07, 6.45) is 2.25. The molecule has 4 heteroatoms. The normalized spacial score (nSPS) is 11.9. The Morgan fingerprint density at radius 2 is 2.00 bits per heavy atom. The Kier molecular flexibility index (Phi) is 4.94. The van der Waals surface area contributed by atoms with Crippen LogP contribution in [0.1, 0.15) is 12.5 Å². The van der Waals surface area contributed by atoms with Crippen LogP contribution in [0.25, 0.3) is 6.08 Å². The highest BCUT2D eigenvalue weighted by atomic mass is 16.5. The van der Waals surface area contributed by atoms with Crippen molar-refractivity contribution in [1.82, 2.24) is 0 Å². The van der Waals surface area contributed by atoms with E-state index >= 15 is 0 Å². The van der Waals surface area contributed by atoms with Crippen LogP contribution < -0.4 is 4.90 Å². The van der Waals surface area contributed by atoms with Gasteiger partial charge >= 0.3 is 5.97 Å². The molecule has 0 N–H and O–H groups in total. The predicted molar refractivity (Wildman–Crippen MR) is 71.0 cm³/mol. The fraction of sp³-hybridized carbons (Fsp3) is 0.286. The monoisotopic (exact) mass is 244 g/mol. The van der Waals surface area contributed by atoms with E-state index in [1.54, 1.807) is 6.08 Å². The Balaban J connectivity index is 2.62. The molecule has 0 saturated heterocycles. The van der Waals surface area contributed by atoms with Crippen LogP contribution in [-0.4, -0.2) is 26.2 Å². The van der Waals surface area contributed by atoms with Crippen LogP contribution in [-0.2, 0) is 9.53 Å². The molecule has 0 fully saturated rings. The number of anilines is 1. The molecule has 0 aliphatic carbocycles. The van der Waals surface area contributed by atoms with Gasteiger partial charge in [-0.15, -0.1) is 0 Å². The van der Waals surface area contributed by atoms with Gasteiger partial charge < -0.3 is 9.64 Å². The Bertz CT molecular complexity index is 470. The van der Waals surface area contributed by atoms with E-state index in [1.165, 1.54) is 13.0 Å². The molecule has 94 valence electrons. The number of benzene rings is 1. The SMILES string of the molecule is CC(C#N)OC(=O)/C=C/c1ccc(N(C)C)cc1. The van der Waals surface area contributed by atoms with Crippen LogP contribution in [0.2, 0.25) is 0 Å². The minimum atomic E-state index is -0.724. The highest BCUT2D eigenvalue weighted by Gasteiger charge is 2.03. The maximum atomic E-state index is 11.3. The van der Waals surface area contributed by atoms with Crippen LogP contribution in [0.5, 0.6) is 0 Å². The van der Waals surface area contributed by atoms with Gasteiger partial charge in [0.05, 0.1) is 0 Å². The molecular weight excluding hydrogens is 228 g/mol. The first kappa shape index (κ1) is 13.8. The summed E-state index contributed by atoms with van der Waals surface area (Å²) in [4.78, 5) is 13.3. The first-order chi connectivity index (χ1) is 8.52. The van der Waals surface area contributed by atoms with E-state index < -0.39 is 12.1 Å². The number of esters is 1. The molecule has 1 atom stereocenters. The maximum absolute atomic E-state index is 11.3. The summed E-state index contributed by atoms with van der Waals surface area (Å²) >= 11 is 0. The molecular formula is C14H16N2O2. The summed E-state index contributed by atoms with van der Waals surface area (Å²) in [5.74, 6) is -0.513. The largest absolute Gasteiger partial charge is 0.444 e. The standard InChI is InChI=1S/C14H16N2O2/c1-11(10-15)18-14(17)9-6-12-4-7-13(8-5-12)16(2)3/h4-9,11H,1-3H3/b9-6+. The highest BCUT2D eigenvalue weighted by Crippen LogP contribution is 2.13. The van der Waals surface area contributed by atoms with Crippen molar-refractivity contribution in [3.63, 3.8) is 0 Å². The lowest BCUT2D eigenvalue weighted by molar-refractivity contribution is -0.139. The summed E-state index contributed by atoms with van der Waals surface area (Å²) in [7, 11) is 3.93. The zero-order valence-corrected chi connectivity index (χ0v) is 10.8. The third-order valence-corrected chi connectivity index (χ3v) is 2.30. The average Bonchev–Trinajstić information content (AvgIpc) is 2.36. The molecule has 1 aromatic carbocycles. The predicted octanol–water partition coefficient (Wildman–Crippen LogP) is 2.22. The van der Waals surface area contributed by atoms with Gasteiger partial charge in [-0.1, -0.05) is 12.1 Å². The smallest absolute Gasteiger partial charge is 0.332 e. The van der Waals surface area contributed by atoms with E-state index in [2.05, 4.69) is 0 Å². The average molecular weight is 244 g/mol. The van der Waals surface area contributed by atoms with Gasteiger partial charge in [-0.2, -0.15) is 5.26 Å². The number of nitriles is 1. The summed E-state index contributed by atoms with van der Waals surface area (Å²) < 4.78 is 4.79. The molecule has 0 aliphatic rings. The molecule has 18 heavy (non-hydrogen) atoms. The zero-order chi connectivity index (χ0) is 13.5. The van der Waals surface area contributed by atoms with Crippen LogP contribution >= 0.6 is 0 Å². The van der Waals surface area contributed by atoms with Crippen LogP contribution in [0.15, 0.2) is 30.3 Å². The Morgan fingerprint density at radius 3 is 2.50 bits per heavy atom. The third kappa shape index (κ3) is 4.30. The molecule has 1 rings (SSSR count). The first-order valence-electron chi connectivity index (χ1n) is 5.58. The molecule has 0 amide bonds. The number of hydrogen-bond donors (Lipinski definition) is 0. The summed E-state index contributed by atoms with van der Waals surface area (Å²) in [6, 6.07) is 9.57. The Morgan fingerprint density at radius 1 is 1.39 bits per heavy atom. The minimum absolute atomic E-state index is 0.513. The lowest BCUT2D eigenvalue weighted by Crippen LogP contribution is -2.10. The maximum Gasteiger partial charge on any atom is 0.332 e. The number of hydrogen-bond acceptors (Lipinski definition) is 4. The van der Waals surface area contributed by atoms with Crippen molar-refractivity contribution in [3.05, 3.63) is 35.9 Å². The second-order valence-corrected chi connectivity index (χ2v) is 4.03. The van der Waals surface area contributed by atoms with Gasteiger partial charge in [0.1, 0.15) is 6.07 Å². The third-order valence-electron chi connectivity index (χ3n) is 2.30. The van der Waals surface area contributed by atoms with Gasteiger partial charge in [-0.3, -0.25) is 0 Å². The topological polar surface area (TPSA) is 53.3 Å². The molecule has 4 nitrogen and oxygen atoms in total. The van der Waals surface area contributed by atoms with Crippen LogP contribution in [0.3, 0.4) is 0 Å². The van der Waals surface area contributed by atoms with Crippen molar-refractivity contribution in [1.29, 1.82) is 5.26 Å². The van der Waals surface area contributed by atoms with E-state index in [1.807, 2.05) is 49.3 Å². The van der Waals surface area contributed by atoms with Gasteiger partial charge in [-0.25, -0.2) is 4.79 Å². The Hall–Kier alpha value is -2.28. The van der Waals surface area contributed by atoms with Crippen LogP contribution in [0.4, 0.5) is 5.69 Å². The van der Waals surface area contributed by atoms with E-state index in [-0.39, 0.29) is 0 Å². The van der Waals surface area contributed by atoms with Crippen molar-refractivity contribution in [3.8, 4) is 6.07 Å². The van der Waals surface area contributed by atoms with Gasteiger partial charge in [0.15, 0.2) is 6.10 Å². The minimum Gasteiger partial charge on any atom is -0.444 e. The van der Waals surface area contributed by atoms with E-state index in [4.69, 9.17) is 10.00 Å². The van der Waals surface area contributed by atoms with E-state index in [9.17, 15) is 4.79 Å². The number of carbonyl (C=O) groups is 1. The number of rotatable bonds is 4. The lowest BCUT2D eigenvalue weighted by atomic mass is 10.2. The number of carbonyl (C=O) groups excluding carboxylic acids is 1. The molecule has 0 radical (unpaired) electrons. The molecule has 0 heterocycles. The van der Waals surface area contributed by atoms with Crippen molar-refractivity contribution in [2.24, 2.45) is 0 Å². The highest BCUT2D eigenvalue weighted by molar-refractivity contribution is 5.87. The molecule has 0 spiro atoms. The Labute approximate surface area is 107 Å². The number of ether oxygens (including phenoxy) is 1. The van der Waals surface area contributed by atoms with Crippen molar-refractivity contribution >= 4 is 17.7 Å². The first-order valence-corrected chi connectivity index (χ1v) is 5.58. The number of nitrogens with zero attached hydrogens (tertiary/aromatic N) is 2. The summed E-state index contributed by atoms with van der Waals surface area (Å²) in [5, 5.41) is 8.50. The van der Waals surface area contributed by atoms with Crippen molar-refractivity contribution in [2.75, 3.05) is 19.0 Å². The molecule has 1 aromatic rings. The van der Waals surface area contributed by atoms with Crippen molar-refractivity contribution < 1.29 is 9.53 Å².